The van der Waals surface area contributed by atoms with Crippen molar-refractivity contribution in [2.75, 3.05) is 47.0 Å². The van der Waals surface area contributed by atoms with Crippen molar-refractivity contribution in [2.24, 2.45) is 5.92 Å². The second-order valence-corrected chi connectivity index (χ2v) is 7.77. The zero-order chi connectivity index (χ0) is 17.6. The van der Waals surface area contributed by atoms with E-state index in [2.05, 4.69) is 5.32 Å². The highest BCUT2D eigenvalue weighted by Gasteiger charge is 2.32. The Morgan fingerprint density at radius 2 is 2.12 bits per heavy atom. The van der Waals surface area contributed by atoms with Crippen LogP contribution >= 0.6 is 12.4 Å². The van der Waals surface area contributed by atoms with E-state index in [-0.39, 0.29) is 35.6 Å². The summed E-state index contributed by atoms with van der Waals surface area (Å²) in [7, 11) is -0.426. The van der Waals surface area contributed by atoms with E-state index < -0.39 is 15.8 Å². The van der Waals surface area contributed by atoms with Crippen LogP contribution in [0.5, 0.6) is 5.75 Å². The summed E-state index contributed by atoms with van der Waals surface area (Å²) in [6, 6.07) is 3.58. The zero-order valence-electron chi connectivity index (χ0n) is 14.5. The number of rotatable bonds is 8. The monoisotopic (exact) mass is 396 g/mol. The molecule has 0 radical (unpaired) electrons. The largest absolute Gasteiger partial charge is 0.490 e. The van der Waals surface area contributed by atoms with E-state index in [1.807, 2.05) is 7.05 Å². The minimum Gasteiger partial charge on any atom is -0.490 e. The molecule has 9 heteroatoms. The lowest BCUT2D eigenvalue weighted by Gasteiger charge is -2.32. The molecule has 1 saturated heterocycles. The van der Waals surface area contributed by atoms with Gasteiger partial charge < -0.3 is 14.8 Å². The number of methoxy groups -OCH3 is 1. The van der Waals surface area contributed by atoms with Crippen LogP contribution in [0.15, 0.2) is 23.1 Å². The van der Waals surface area contributed by atoms with Crippen LogP contribution in [0.1, 0.15) is 12.8 Å². The van der Waals surface area contributed by atoms with Crippen LogP contribution in [-0.4, -0.2) is 59.7 Å². The van der Waals surface area contributed by atoms with Crippen LogP contribution in [-0.2, 0) is 14.8 Å². The molecule has 0 aliphatic carbocycles. The maximum absolute atomic E-state index is 13.7. The van der Waals surface area contributed by atoms with E-state index in [1.165, 1.54) is 23.5 Å². The molecule has 6 nitrogen and oxygen atoms in total. The normalized spacial score (nSPS) is 18.6. The molecule has 2 rings (SSSR count). The highest BCUT2D eigenvalue weighted by molar-refractivity contribution is 7.89. The van der Waals surface area contributed by atoms with Crippen LogP contribution in [0.3, 0.4) is 0 Å². The molecule has 1 aromatic carbocycles. The van der Waals surface area contributed by atoms with Gasteiger partial charge in [0.25, 0.3) is 0 Å². The number of benzene rings is 1. The third-order valence-electron chi connectivity index (χ3n) is 4.04. The molecule has 144 valence electrons. The van der Waals surface area contributed by atoms with Gasteiger partial charge in [-0.2, -0.15) is 4.31 Å². The van der Waals surface area contributed by atoms with E-state index >= 15 is 0 Å². The molecule has 1 aliphatic heterocycles. The summed E-state index contributed by atoms with van der Waals surface area (Å²) in [6.07, 6.45) is 1.77. The van der Waals surface area contributed by atoms with Crippen molar-refractivity contribution in [3.63, 3.8) is 0 Å². The fraction of sp³-hybridized carbons (Fsp3) is 0.625. The summed E-state index contributed by atoms with van der Waals surface area (Å²) in [5.41, 5.74) is 0. The van der Waals surface area contributed by atoms with Crippen LogP contribution in [0.4, 0.5) is 4.39 Å². The van der Waals surface area contributed by atoms with Crippen molar-refractivity contribution in [1.29, 1.82) is 0 Å². The SMILES string of the molecule is CNCC1CCCN(S(=O)(=O)c2cc(F)ccc2OCCOC)C1.Cl. The van der Waals surface area contributed by atoms with E-state index in [0.717, 1.165) is 25.5 Å². The van der Waals surface area contributed by atoms with E-state index in [1.54, 1.807) is 0 Å². The number of piperidine rings is 1. The fourth-order valence-corrected chi connectivity index (χ4v) is 4.57. The quantitative estimate of drug-likeness (QED) is 0.680. The lowest BCUT2D eigenvalue weighted by atomic mass is 10.00. The number of nitrogens with zero attached hydrogens (tertiary/aromatic N) is 1. The van der Waals surface area contributed by atoms with Gasteiger partial charge >= 0.3 is 0 Å². The first-order valence-corrected chi connectivity index (χ1v) is 9.49. The van der Waals surface area contributed by atoms with Crippen molar-refractivity contribution >= 4 is 22.4 Å². The maximum Gasteiger partial charge on any atom is 0.246 e. The summed E-state index contributed by atoms with van der Waals surface area (Å²) >= 11 is 0. The first-order chi connectivity index (χ1) is 11.5. The van der Waals surface area contributed by atoms with Crippen molar-refractivity contribution < 1.29 is 22.3 Å². The van der Waals surface area contributed by atoms with Crippen molar-refractivity contribution in [1.82, 2.24) is 9.62 Å². The Morgan fingerprint density at radius 1 is 1.36 bits per heavy atom. The van der Waals surface area contributed by atoms with Gasteiger partial charge in [-0.25, -0.2) is 12.8 Å². The highest BCUT2D eigenvalue weighted by Crippen LogP contribution is 2.30. The molecule has 0 aromatic heterocycles. The van der Waals surface area contributed by atoms with Crippen LogP contribution in [0.25, 0.3) is 0 Å². The van der Waals surface area contributed by atoms with E-state index in [9.17, 15) is 12.8 Å². The standard InChI is InChI=1S/C16H25FN2O4S.ClH/c1-18-11-13-4-3-7-19(12-13)24(20,21)16-10-14(17)5-6-15(16)23-9-8-22-2;/h5-6,10,13,18H,3-4,7-9,11-12H2,1-2H3;1H. The molecule has 0 spiro atoms. The van der Waals surface area contributed by atoms with Gasteiger partial charge in [-0.1, -0.05) is 0 Å². The molecular formula is C16H26ClFN2O4S. The van der Waals surface area contributed by atoms with Gasteiger partial charge in [0.1, 0.15) is 23.1 Å². The lowest BCUT2D eigenvalue weighted by Crippen LogP contribution is -2.42. The maximum atomic E-state index is 13.7. The lowest BCUT2D eigenvalue weighted by molar-refractivity contribution is 0.144. The molecular weight excluding hydrogens is 371 g/mol. The van der Waals surface area contributed by atoms with Gasteiger partial charge in [-0.05, 0) is 50.6 Å². The fourth-order valence-electron chi connectivity index (χ4n) is 2.88. The Bertz CT molecular complexity index is 643. The average molecular weight is 397 g/mol. The summed E-state index contributed by atoms with van der Waals surface area (Å²) in [6.45, 7) is 2.15. The Morgan fingerprint density at radius 3 is 2.80 bits per heavy atom. The molecule has 1 aromatic rings. The highest BCUT2D eigenvalue weighted by atomic mass is 35.5. The first-order valence-electron chi connectivity index (χ1n) is 8.05. The number of ether oxygens (including phenoxy) is 2. The van der Waals surface area contributed by atoms with Gasteiger partial charge in [0, 0.05) is 20.2 Å². The molecule has 1 N–H and O–H groups in total. The molecule has 1 aliphatic rings. The zero-order valence-corrected chi connectivity index (χ0v) is 16.2. The van der Waals surface area contributed by atoms with E-state index in [4.69, 9.17) is 9.47 Å². The predicted molar refractivity (Wildman–Crippen MR) is 96.4 cm³/mol. The van der Waals surface area contributed by atoms with Gasteiger partial charge in [0.2, 0.25) is 10.0 Å². The molecule has 1 heterocycles. The van der Waals surface area contributed by atoms with Gasteiger partial charge in [0.05, 0.1) is 6.61 Å². The Labute approximate surface area is 155 Å². The summed E-state index contributed by atoms with van der Waals surface area (Å²) < 4.78 is 51.4. The third-order valence-corrected chi connectivity index (χ3v) is 5.93. The van der Waals surface area contributed by atoms with Crippen LogP contribution in [0.2, 0.25) is 0 Å². The minimum absolute atomic E-state index is 0. The van der Waals surface area contributed by atoms with E-state index in [0.29, 0.717) is 19.7 Å². The van der Waals surface area contributed by atoms with Crippen molar-refractivity contribution in [3.05, 3.63) is 24.0 Å². The Balaban J connectivity index is 0.00000312. The van der Waals surface area contributed by atoms with Gasteiger partial charge in [0.15, 0.2) is 0 Å². The number of halogens is 2. The second kappa shape index (κ2) is 10.3. The predicted octanol–water partition coefficient (Wildman–Crippen LogP) is 1.89. The summed E-state index contributed by atoms with van der Waals surface area (Å²) in [4.78, 5) is -0.122. The molecule has 1 unspecified atom stereocenters. The summed E-state index contributed by atoms with van der Waals surface area (Å²) in [5, 5.41) is 3.08. The molecule has 1 atom stereocenters. The molecule has 25 heavy (non-hydrogen) atoms. The van der Waals surface area contributed by atoms with Crippen molar-refractivity contribution in [2.45, 2.75) is 17.7 Å². The molecule has 0 amide bonds. The topological polar surface area (TPSA) is 67.9 Å². The third kappa shape index (κ3) is 5.79. The molecule has 0 saturated carbocycles. The van der Waals surface area contributed by atoms with Crippen molar-refractivity contribution in [3.8, 4) is 5.75 Å². The number of hydrogen-bond donors (Lipinski definition) is 1. The smallest absolute Gasteiger partial charge is 0.246 e. The van der Waals surface area contributed by atoms with Crippen LogP contribution < -0.4 is 10.1 Å². The van der Waals surface area contributed by atoms with Gasteiger partial charge in [-0.3, -0.25) is 0 Å². The second-order valence-electron chi connectivity index (χ2n) is 5.86. The Hall–Kier alpha value is -0.930. The molecule has 1 fully saturated rings. The minimum atomic E-state index is -3.80. The number of hydrogen-bond acceptors (Lipinski definition) is 5. The summed E-state index contributed by atoms with van der Waals surface area (Å²) in [5.74, 6) is -0.189. The first kappa shape index (κ1) is 22.1. The molecule has 0 bridgehead atoms. The van der Waals surface area contributed by atoms with Crippen LogP contribution in [0, 0.1) is 11.7 Å². The number of nitrogens with one attached hydrogen (secondary N) is 1. The van der Waals surface area contributed by atoms with Gasteiger partial charge in [-0.15, -0.1) is 12.4 Å². The number of sulfonamides is 1. The Kier molecular flexibility index (Phi) is 9.09. The average Bonchev–Trinajstić information content (AvgIpc) is 2.57.